The van der Waals surface area contributed by atoms with E-state index in [2.05, 4.69) is 25.8 Å². The SMILES string of the molecule is CC1(C)C2CCC1(C)C(OC(=O)Cc1ccncc1)C2. The number of nitrogens with zero attached hydrogens (tertiary/aromatic N) is 1. The van der Waals surface area contributed by atoms with Crippen molar-refractivity contribution in [2.24, 2.45) is 16.7 Å². The topological polar surface area (TPSA) is 39.2 Å². The van der Waals surface area contributed by atoms with Crippen LogP contribution in [0.1, 0.15) is 45.6 Å². The Bertz CT molecular complexity index is 511. The Labute approximate surface area is 120 Å². The van der Waals surface area contributed by atoms with E-state index in [0.29, 0.717) is 12.3 Å². The molecule has 0 N–H and O–H groups in total. The summed E-state index contributed by atoms with van der Waals surface area (Å²) in [5.74, 6) is 0.594. The first kappa shape index (κ1) is 13.6. The summed E-state index contributed by atoms with van der Waals surface area (Å²) in [5.41, 5.74) is 1.40. The van der Waals surface area contributed by atoms with Crippen molar-refractivity contribution in [3.05, 3.63) is 30.1 Å². The van der Waals surface area contributed by atoms with Gasteiger partial charge in [0, 0.05) is 17.8 Å². The van der Waals surface area contributed by atoms with Crippen LogP contribution >= 0.6 is 0 Å². The van der Waals surface area contributed by atoms with Crippen LogP contribution in [-0.2, 0) is 16.0 Å². The summed E-state index contributed by atoms with van der Waals surface area (Å²) in [6.45, 7) is 6.97. The van der Waals surface area contributed by atoms with Gasteiger partial charge in [-0.1, -0.05) is 20.8 Å². The molecule has 3 unspecified atom stereocenters. The minimum atomic E-state index is -0.106. The molecule has 3 atom stereocenters. The number of pyridine rings is 1. The van der Waals surface area contributed by atoms with Gasteiger partial charge in [0.15, 0.2) is 0 Å². The van der Waals surface area contributed by atoms with Crippen molar-refractivity contribution in [1.82, 2.24) is 4.98 Å². The van der Waals surface area contributed by atoms with Crippen molar-refractivity contribution in [2.45, 2.75) is 52.6 Å². The highest BCUT2D eigenvalue weighted by atomic mass is 16.5. The molecule has 1 aromatic rings. The highest BCUT2D eigenvalue weighted by molar-refractivity contribution is 5.72. The molecule has 108 valence electrons. The molecule has 0 spiro atoms. The molecule has 3 heteroatoms. The van der Waals surface area contributed by atoms with Gasteiger partial charge in [0.25, 0.3) is 0 Å². The lowest BCUT2D eigenvalue weighted by Crippen LogP contribution is -2.38. The average Bonchev–Trinajstić information content (AvgIpc) is 2.73. The van der Waals surface area contributed by atoms with Gasteiger partial charge in [-0.2, -0.15) is 0 Å². The Kier molecular flexibility index (Phi) is 3.11. The summed E-state index contributed by atoms with van der Waals surface area (Å²) in [6, 6.07) is 3.74. The van der Waals surface area contributed by atoms with Gasteiger partial charge < -0.3 is 4.74 Å². The van der Waals surface area contributed by atoms with E-state index in [1.807, 2.05) is 12.1 Å². The molecule has 2 aliphatic carbocycles. The molecule has 1 aromatic heterocycles. The fraction of sp³-hybridized carbons (Fsp3) is 0.647. The van der Waals surface area contributed by atoms with Crippen LogP contribution in [0.2, 0.25) is 0 Å². The van der Waals surface area contributed by atoms with Crippen LogP contribution in [0, 0.1) is 16.7 Å². The van der Waals surface area contributed by atoms with E-state index >= 15 is 0 Å². The van der Waals surface area contributed by atoms with Gasteiger partial charge in [-0.05, 0) is 48.3 Å². The van der Waals surface area contributed by atoms with Gasteiger partial charge in [-0.3, -0.25) is 9.78 Å². The Morgan fingerprint density at radius 2 is 2.05 bits per heavy atom. The van der Waals surface area contributed by atoms with Gasteiger partial charge in [-0.25, -0.2) is 0 Å². The van der Waals surface area contributed by atoms with Crippen LogP contribution in [0.5, 0.6) is 0 Å². The third-order valence-corrected chi connectivity index (χ3v) is 6.09. The van der Waals surface area contributed by atoms with E-state index in [9.17, 15) is 4.79 Å². The average molecular weight is 273 g/mol. The summed E-state index contributed by atoms with van der Waals surface area (Å²) < 4.78 is 5.83. The molecule has 0 aromatic carbocycles. The summed E-state index contributed by atoms with van der Waals surface area (Å²) in [5, 5.41) is 0. The van der Waals surface area contributed by atoms with Crippen LogP contribution in [0.4, 0.5) is 0 Å². The second-order valence-corrected chi connectivity index (χ2v) is 7.12. The molecule has 2 aliphatic rings. The summed E-state index contributed by atoms with van der Waals surface area (Å²) in [6.07, 6.45) is 7.35. The van der Waals surface area contributed by atoms with E-state index in [1.165, 1.54) is 12.8 Å². The van der Waals surface area contributed by atoms with Crippen LogP contribution in [0.3, 0.4) is 0 Å². The zero-order valence-electron chi connectivity index (χ0n) is 12.6. The van der Waals surface area contributed by atoms with Crippen molar-refractivity contribution in [3.8, 4) is 0 Å². The molecule has 0 saturated heterocycles. The van der Waals surface area contributed by atoms with Crippen molar-refractivity contribution in [2.75, 3.05) is 0 Å². The Morgan fingerprint density at radius 3 is 2.60 bits per heavy atom. The maximum absolute atomic E-state index is 12.2. The predicted octanol–water partition coefficient (Wildman–Crippen LogP) is 3.38. The molecule has 2 bridgehead atoms. The van der Waals surface area contributed by atoms with Crippen LogP contribution in [0.15, 0.2) is 24.5 Å². The fourth-order valence-electron chi connectivity index (χ4n) is 4.18. The van der Waals surface area contributed by atoms with Crippen LogP contribution in [-0.4, -0.2) is 17.1 Å². The minimum absolute atomic E-state index is 0.0885. The number of carbonyl (C=O) groups is 1. The quantitative estimate of drug-likeness (QED) is 0.792. The lowest BCUT2D eigenvalue weighted by Gasteiger charge is -2.38. The van der Waals surface area contributed by atoms with Gasteiger partial charge in [-0.15, -0.1) is 0 Å². The number of hydrogen-bond acceptors (Lipinski definition) is 3. The normalized spacial score (nSPS) is 34.1. The van der Waals surface area contributed by atoms with Crippen molar-refractivity contribution in [1.29, 1.82) is 0 Å². The number of fused-ring (bicyclic) bond motifs is 2. The maximum atomic E-state index is 12.2. The minimum Gasteiger partial charge on any atom is -0.462 e. The fourth-order valence-corrected chi connectivity index (χ4v) is 4.18. The van der Waals surface area contributed by atoms with E-state index in [4.69, 9.17) is 4.74 Å². The van der Waals surface area contributed by atoms with Crippen molar-refractivity contribution < 1.29 is 9.53 Å². The molecule has 3 rings (SSSR count). The molecule has 3 nitrogen and oxygen atoms in total. The van der Waals surface area contributed by atoms with E-state index in [1.54, 1.807) is 12.4 Å². The summed E-state index contributed by atoms with van der Waals surface area (Å²) >= 11 is 0. The highest BCUT2D eigenvalue weighted by Gasteiger charge is 2.62. The van der Waals surface area contributed by atoms with E-state index < -0.39 is 0 Å². The number of rotatable bonds is 3. The smallest absolute Gasteiger partial charge is 0.310 e. The van der Waals surface area contributed by atoms with Crippen LogP contribution in [0.25, 0.3) is 0 Å². The van der Waals surface area contributed by atoms with Crippen LogP contribution < -0.4 is 0 Å². The highest BCUT2D eigenvalue weighted by Crippen LogP contribution is 2.66. The molecule has 0 aliphatic heterocycles. The second kappa shape index (κ2) is 4.57. The molecule has 2 fully saturated rings. The zero-order valence-corrected chi connectivity index (χ0v) is 12.6. The largest absolute Gasteiger partial charge is 0.462 e. The number of carbonyl (C=O) groups excluding carboxylic acids is 1. The lowest BCUT2D eigenvalue weighted by molar-refractivity contribution is -0.156. The third kappa shape index (κ3) is 1.95. The summed E-state index contributed by atoms with van der Waals surface area (Å²) in [7, 11) is 0. The molecule has 1 heterocycles. The number of esters is 1. The molecule has 2 saturated carbocycles. The van der Waals surface area contributed by atoms with Crippen molar-refractivity contribution in [3.63, 3.8) is 0 Å². The van der Waals surface area contributed by atoms with Gasteiger partial charge in [0.1, 0.15) is 6.10 Å². The van der Waals surface area contributed by atoms with E-state index in [0.717, 1.165) is 12.0 Å². The van der Waals surface area contributed by atoms with Gasteiger partial charge in [0.05, 0.1) is 6.42 Å². The number of hydrogen-bond donors (Lipinski definition) is 0. The second-order valence-electron chi connectivity index (χ2n) is 7.12. The van der Waals surface area contributed by atoms with Gasteiger partial charge in [0.2, 0.25) is 0 Å². The molecular formula is C17H23NO2. The number of ether oxygens (including phenoxy) is 1. The standard InChI is InChI=1S/C17H23NO2/c1-16(2)13-4-7-17(16,3)14(11-13)20-15(19)10-12-5-8-18-9-6-12/h5-6,8-9,13-14H,4,7,10-11H2,1-3H3. The predicted molar refractivity (Wildman–Crippen MR) is 77.1 cm³/mol. The molecule has 0 amide bonds. The molecular weight excluding hydrogens is 250 g/mol. The van der Waals surface area contributed by atoms with Crippen molar-refractivity contribution >= 4 is 5.97 Å². The Balaban J connectivity index is 1.66. The number of aromatic nitrogens is 1. The molecule has 0 radical (unpaired) electrons. The first-order valence-corrected chi connectivity index (χ1v) is 7.52. The Morgan fingerprint density at radius 1 is 1.35 bits per heavy atom. The molecule has 20 heavy (non-hydrogen) atoms. The summed E-state index contributed by atoms with van der Waals surface area (Å²) in [4.78, 5) is 16.1. The lowest BCUT2D eigenvalue weighted by atomic mass is 9.70. The maximum Gasteiger partial charge on any atom is 0.310 e. The monoisotopic (exact) mass is 273 g/mol. The Hall–Kier alpha value is -1.38. The van der Waals surface area contributed by atoms with E-state index in [-0.39, 0.29) is 22.9 Å². The third-order valence-electron chi connectivity index (χ3n) is 6.09. The first-order chi connectivity index (χ1) is 9.43. The zero-order chi connectivity index (χ0) is 14.4. The first-order valence-electron chi connectivity index (χ1n) is 7.52. The van der Waals surface area contributed by atoms with Gasteiger partial charge >= 0.3 is 5.97 Å².